The number of carbonyl (C=O) groups excluding carboxylic acids is 4. The molecule has 3 fully saturated rings. The van der Waals surface area contributed by atoms with E-state index in [0.29, 0.717) is 25.3 Å². The lowest BCUT2D eigenvalue weighted by atomic mass is 9.85. The Kier molecular flexibility index (Phi) is 5.99. The van der Waals surface area contributed by atoms with Crippen LogP contribution in [0.2, 0.25) is 0 Å². The molecule has 1 heterocycles. The number of benzene rings is 1. The van der Waals surface area contributed by atoms with Crippen LogP contribution in [0.15, 0.2) is 53.8 Å². The summed E-state index contributed by atoms with van der Waals surface area (Å²) in [5.74, 6) is -0.481. The molecule has 2 saturated carbocycles. The molecule has 1 aromatic rings. The zero-order valence-corrected chi connectivity index (χ0v) is 20.2. The van der Waals surface area contributed by atoms with Gasteiger partial charge in [-0.15, -0.1) is 0 Å². The van der Waals surface area contributed by atoms with Crippen molar-refractivity contribution in [2.24, 2.45) is 11.8 Å². The number of nitrogens with zero attached hydrogens (tertiary/aromatic N) is 2. The molecule has 8 nitrogen and oxygen atoms in total. The predicted molar refractivity (Wildman–Crippen MR) is 128 cm³/mol. The third kappa shape index (κ3) is 4.49. The SMILES string of the molecule is CC(=O)NC1=CC=C2C(CC[C@@]23CN(CC(=O)N(Cc2ccccc2)[C@@H](C)C2CC2)C(=O)O3)C1=O. The molecule has 0 aromatic heterocycles. The molecule has 1 aliphatic heterocycles. The Balaban J connectivity index is 1.31. The average Bonchev–Trinajstić information content (AvgIpc) is 3.55. The number of ketones is 1. The number of allylic oxidation sites excluding steroid dienone is 3. The minimum atomic E-state index is -0.900. The molecule has 0 radical (unpaired) electrons. The van der Waals surface area contributed by atoms with Crippen molar-refractivity contribution in [1.29, 1.82) is 0 Å². The van der Waals surface area contributed by atoms with Crippen molar-refractivity contribution in [2.75, 3.05) is 13.1 Å². The van der Waals surface area contributed by atoms with Gasteiger partial charge in [-0.05, 0) is 55.7 Å². The molecule has 184 valence electrons. The zero-order chi connectivity index (χ0) is 24.7. The normalized spacial score (nSPS) is 26.1. The molecule has 0 bridgehead atoms. The summed E-state index contributed by atoms with van der Waals surface area (Å²) in [7, 11) is 0. The summed E-state index contributed by atoms with van der Waals surface area (Å²) in [6, 6.07) is 9.99. The first-order valence-electron chi connectivity index (χ1n) is 12.3. The molecule has 3 atom stereocenters. The topological polar surface area (TPSA) is 96.0 Å². The number of nitrogens with one attached hydrogen (secondary N) is 1. The number of hydrogen-bond donors (Lipinski definition) is 1. The van der Waals surface area contributed by atoms with E-state index in [0.717, 1.165) is 24.0 Å². The summed E-state index contributed by atoms with van der Waals surface area (Å²) >= 11 is 0. The maximum absolute atomic E-state index is 13.5. The van der Waals surface area contributed by atoms with Crippen LogP contribution in [0.25, 0.3) is 0 Å². The Bertz CT molecular complexity index is 1120. The quantitative estimate of drug-likeness (QED) is 0.652. The van der Waals surface area contributed by atoms with Gasteiger partial charge in [0.2, 0.25) is 11.8 Å². The van der Waals surface area contributed by atoms with Crippen LogP contribution in [0.3, 0.4) is 0 Å². The Labute approximate surface area is 205 Å². The van der Waals surface area contributed by atoms with Gasteiger partial charge < -0.3 is 15.0 Å². The van der Waals surface area contributed by atoms with E-state index in [1.54, 1.807) is 12.2 Å². The fourth-order valence-electron chi connectivity index (χ4n) is 5.64. The van der Waals surface area contributed by atoms with E-state index in [4.69, 9.17) is 4.74 Å². The van der Waals surface area contributed by atoms with E-state index >= 15 is 0 Å². The van der Waals surface area contributed by atoms with Crippen molar-refractivity contribution in [2.45, 2.75) is 57.7 Å². The molecule has 5 rings (SSSR count). The first-order chi connectivity index (χ1) is 16.8. The number of hydrogen-bond acceptors (Lipinski definition) is 5. The second kappa shape index (κ2) is 8.98. The lowest BCUT2D eigenvalue weighted by Gasteiger charge is -2.31. The summed E-state index contributed by atoms with van der Waals surface area (Å²) in [4.78, 5) is 54.0. The van der Waals surface area contributed by atoms with Gasteiger partial charge in [0.25, 0.3) is 0 Å². The molecule has 1 saturated heterocycles. The van der Waals surface area contributed by atoms with Crippen LogP contribution in [0.5, 0.6) is 0 Å². The number of ether oxygens (including phenoxy) is 1. The van der Waals surface area contributed by atoms with Gasteiger partial charge in [0.05, 0.1) is 12.2 Å². The second-order valence-electron chi connectivity index (χ2n) is 10.1. The van der Waals surface area contributed by atoms with Crippen LogP contribution in [-0.4, -0.2) is 58.2 Å². The first-order valence-corrected chi connectivity index (χ1v) is 12.3. The summed E-state index contributed by atoms with van der Waals surface area (Å²) in [6.07, 6.45) is 6.14. The molecule has 1 N–H and O–H groups in total. The molecular weight excluding hydrogens is 446 g/mol. The minimum absolute atomic E-state index is 0.0522. The predicted octanol–water partition coefficient (Wildman–Crippen LogP) is 2.94. The monoisotopic (exact) mass is 477 g/mol. The van der Waals surface area contributed by atoms with Gasteiger partial charge >= 0.3 is 6.09 Å². The van der Waals surface area contributed by atoms with Gasteiger partial charge in [-0.2, -0.15) is 0 Å². The molecule has 8 heteroatoms. The van der Waals surface area contributed by atoms with E-state index in [1.807, 2.05) is 35.2 Å². The highest BCUT2D eigenvalue weighted by Gasteiger charge is 2.56. The van der Waals surface area contributed by atoms with E-state index in [-0.39, 0.29) is 42.4 Å². The highest BCUT2D eigenvalue weighted by atomic mass is 16.6. The van der Waals surface area contributed by atoms with Crippen LogP contribution in [0.4, 0.5) is 4.79 Å². The Morgan fingerprint density at radius 1 is 1.17 bits per heavy atom. The number of carbonyl (C=O) groups is 4. The van der Waals surface area contributed by atoms with Crippen molar-refractivity contribution in [1.82, 2.24) is 15.1 Å². The van der Waals surface area contributed by atoms with E-state index < -0.39 is 17.6 Å². The summed E-state index contributed by atoms with van der Waals surface area (Å²) < 4.78 is 5.85. The maximum atomic E-state index is 13.5. The molecule has 3 aliphatic carbocycles. The zero-order valence-electron chi connectivity index (χ0n) is 20.2. The van der Waals surface area contributed by atoms with Crippen LogP contribution < -0.4 is 5.32 Å². The Morgan fingerprint density at radius 2 is 1.91 bits per heavy atom. The van der Waals surface area contributed by atoms with E-state index in [2.05, 4.69) is 12.2 Å². The average molecular weight is 478 g/mol. The van der Waals surface area contributed by atoms with E-state index in [1.165, 1.54) is 11.8 Å². The van der Waals surface area contributed by atoms with Crippen LogP contribution in [-0.2, 0) is 25.7 Å². The first kappa shape index (κ1) is 23.3. The van der Waals surface area contributed by atoms with Gasteiger partial charge in [-0.25, -0.2) is 4.79 Å². The third-order valence-electron chi connectivity index (χ3n) is 7.69. The highest BCUT2D eigenvalue weighted by molar-refractivity contribution is 6.03. The van der Waals surface area contributed by atoms with Gasteiger partial charge in [0.15, 0.2) is 11.4 Å². The molecular formula is C27H31N3O5. The molecule has 1 aromatic carbocycles. The van der Waals surface area contributed by atoms with Gasteiger partial charge in [0.1, 0.15) is 6.54 Å². The van der Waals surface area contributed by atoms with Crippen molar-refractivity contribution in [3.63, 3.8) is 0 Å². The molecule has 4 aliphatic rings. The largest absolute Gasteiger partial charge is 0.436 e. The Hall–Kier alpha value is -3.42. The van der Waals surface area contributed by atoms with E-state index in [9.17, 15) is 19.2 Å². The fraction of sp³-hybridized carbons (Fsp3) is 0.481. The molecule has 35 heavy (non-hydrogen) atoms. The second-order valence-corrected chi connectivity index (χ2v) is 10.1. The van der Waals surface area contributed by atoms with Gasteiger partial charge in [-0.1, -0.05) is 36.4 Å². The van der Waals surface area contributed by atoms with Gasteiger partial charge in [-0.3, -0.25) is 19.3 Å². The van der Waals surface area contributed by atoms with Gasteiger partial charge in [0, 0.05) is 25.4 Å². The number of amides is 3. The minimum Gasteiger partial charge on any atom is -0.436 e. The number of Topliss-reactive ketones (excluding diaryl/α,β-unsaturated/α-hetero) is 1. The smallest absolute Gasteiger partial charge is 0.411 e. The lowest BCUT2D eigenvalue weighted by molar-refractivity contribution is -0.135. The van der Waals surface area contributed by atoms with Crippen LogP contribution in [0, 0.1) is 11.8 Å². The Morgan fingerprint density at radius 3 is 2.60 bits per heavy atom. The fourth-order valence-corrected chi connectivity index (χ4v) is 5.64. The highest BCUT2D eigenvalue weighted by Crippen LogP contribution is 2.48. The lowest BCUT2D eigenvalue weighted by Crippen LogP contribution is -2.46. The van der Waals surface area contributed by atoms with Crippen LogP contribution >= 0.6 is 0 Å². The third-order valence-corrected chi connectivity index (χ3v) is 7.69. The number of rotatable bonds is 7. The molecule has 3 amide bonds. The van der Waals surface area contributed by atoms with Crippen molar-refractivity contribution in [3.8, 4) is 0 Å². The van der Waals surface area contributed by atoms with Crippen molar-refractivity contribution >= 4 is 23.7 Å². The van der Waals surface area contributed by atoms with Crippen molar-refractivity contribution in [3.05, 3.63) is 59.3 Å². The number of fused-ring (bicyclic) bond motifs is 2. The summed E-state index contributed by atoms with van der Waals surface area (Å²) in [5.41, 5.74) is 1.18. The molecule has 1 spiro atoms. The maximum Gasteiger partial charge on any atom is 0.411 e. The summed E-state index contributed by atoms with van der Waals surface area (Å²) in [5, 5.41) is 2.58. The standard InChI is InChI=1S/C27H31N3O5/c1-17(20-8-9-20)30(14-19-6-4-3-5-7-19)24(32)15-29-16-27(35-26(29)34)13-12-21-22(27)10-11-23(25(21)33)28-18(2)31/h3-7,10-11,17,20-21H,8-9,12-16H2,1-2H3,(H,28,31)/t17-,21?,27+/m0/s1. The molecule has 1 unspecified atom stereocenters. The van der Waals surface area contributed by atoms with Crippen LogP contribution in [0.1, 0.15) is 45.1 Å². The summed E-state index contributed by atoms with van der Waals surface area (Å²) in [6.45, 7) is 4.14. The van der Waals surface area contributed by atoms with Crippen molar-refractivity contribution < 1.29 is 23.9 Å².